The predicted molar refractivity (Wildman–Crippen MR) is 137 cm³/mol. The summed E-state index contributed by atoms with van der Waals surface area (Å²) in [5.74, 6) is 0.207. The van der Waals surface area contributed by atoms with Crippen LogP contribution in [0.1, 0.15) is 73.0 Å². The smallest absolute Gasteiger partial charge is 0.336 e. The number of hydrogen-bond acceptors (Lipinski definition) is 7. The topological polar surface area (TPSA) is 90.9 Å². The third-order valence-electron chi connectivity index (χ3n) is 6.08. The third kappa shape index (κ3) is 7.35. The molecule has 2 aromatic rings. The summed E-state index contributed by atoms with van der Waals surface area (Å²) in [6, 6.07) is 9.29. The molecule has 8 heteroatoms. The Labute approximate surface area is 211 Å². The molecule has 1 aliphatic heterocycles. The van der Waals surface area contributed by atoms with Crippen LogP contribution in [0.2, 0.25) is 0 Å². The molecule has 1 aromatic carbocycles. The highest BCUT2D eigenvalue weighted by Crippen LogP contribution is 2.47. The first-order chi connectivity index (χ1) is 17.0. The molecule has 1 saturated heterocycles. The molecular weight excluding hydrogens is 465 g/mol. The van der Waals surface area contributed by atoms with Gasteiger partial charge in [0.15, 0.2) is 8.38 Å². The zero-order valence-corrected chi connectivity index (χ0v) is 22.5. The summed E-state index contributed by atoms with van der Waals surface area (Å²) >= 11 is 0. The zero-order valence-electron chi connectivity index (χ0n) is 22.6. The van der Waals surface area contributed by atoms with Gasteiger partial charge in [-0.05, 0) is 58.2 Å². The first kappa shape index (κ1) is 26.3. The SMILES string of the molecule is [2H]CCC(OP(CCC#N)OC[C@H]1O[C@@H](C)C(C)[C@H]1OC(C)(C)C)c1cc(=O)oc2cc(C)ccc12. The summed E-state index contributed by atoms with van der Waals surface area (Å²) in [6.45, 7) is 12.6. The molecule has 0 N–H and O–H groups in total. The van der Waals surface area contributed by atoms with E-state index in [9.17, 15) is 10.1 Å². The van der Waals surface area contributed by atoms with E-state index in [2.05, 4.69) is 13.0 Å². The van der Waals surface area contributed by atoms with Crippen LogP contribution in [-0.2, 0) is 18.5 Å². The van der Waals surface area contributed by atoms with E-state index in [1.807, 2.05) is 52.8 Å². The van der Waals surface area contributed by atoms with Crippen molar-refractivity contribution in [2.75, 3.05) is 12.8 Å². The summed E-state index contributed by atoms with van der Waals surface area (Å²) in [4.78, 5) is 12.3. The van der Waals surface area contributed by atoms with Crippen LogP contribution in [0, 0.1) is 24.2 Å². The second-order valence-corrected chi connectivity index (χ2v) is 11.7. The van der Waals surface area contributed by atoms with E-state index in [-0.39, 0.29) is 49.8 Å². The summed E-state index contributed by atoms with van der Waals surface area (Å²) in [6.07, 6.45) is 0.190. The normalized spacial score (nSPS) is 24.8. The fraction of sp³-hybridized carbons (Fsp3) is 0.630. The van der Waals surface area contributed by atoms with Crippen molar-refractivity contribution in [2.24, 2.45) is 5.92 Å². The van der Waals surface area contributed by atoms with Crippen LogP contribution in [0.3, 0.4) is 0 Å². The van der Waals surface area contributed by atoms with E-state index in [4.69, 9.17) is 24.3 Å². The maximum atomic E-state index is 12.3. The average molecular weight is 505 g/mol. The quantitative estimate of drug-likeness (QED) is 0.272. The molecule has 0 spiro atoms. The predicted octanol–water partition coefficient (Wildman–Crippen LogP) is 6.42. The third-order valence-corrected chi connectivity index (χ3v) is 7.59. The van der Waals surface area contributed by atoms with Crippen molar-refractivity contribution in [3.8, 4) is 6.07 Å². The minimum absolute atomic E-state index is 0.0339. The van der Waals surface area contributed by atoms with Gasteiger partial charge in [0.25, 0.3) is 0 Å². The number of benzene rings is 1. The Hall–Kier alpha value is -1.81. The van der Waals surface area contributed by atoms with Crippen molar-refractivity contribution in [1.82, 2.24) is 0 Å². The van der Waals surface area contributed by atoms with Crippen molar-refractivity contribution in [3.63, 3.8) is 0 Å². The van der Waals surface area contributed by atoms with Crippen LogP contribution < -0.4 is 5.63 Å². The molecular formula is C27H38NO6P. The van der Waals surface area contributed by atoms with E-state index in [1.165, 1.54) is 6.07 Å². The molecule has 35 heavy (non-hydrogen) atoms. The van der Waals surface area contributed by atoms with Crippen LogP contribution in [0.5, 0.6) is 0 Å². The van der Waals surface area contributed by atoms with E-state index >= 15 is 0 Å². The maximum Gasteiger partial charge on any atom is 0.336 e. The van der Waals surface area contributed by atoms with E-state index in [1.54, 1.807) is 0 Å². The van der Waals surface area contributed by atoms with Crippen molar-refractivity contribution in [2.45, 2.75) is 91.3 Å². The Bertz CT molecular complexity index is 1110. The van der Waals surface area contributed by atoms with Crippen LogP contribution in [0.15, 0.2) is 33.5 Å². The van der Waals surface area contributed by atoms with Crippen molar-refractivity contribution in [1.29, 1.82) is 5.26 Å². The standard InChI is InChI=1S/C27H38NO6P/c1-8-22(21-15-25(29)32-23-14-17(2)10-11-20(21)23)34-35(13-9-12-28)30-16-24-26(33-27(5,6)7)18(3)19(4)31-24/h10-11,14-15,18-19,22,24,26H,8-9,13,16H2,1-7H3/t18?,19-,22?,24+,26+,35?/m0/s1/i1D. The summed E-state index contributed by atoms with van der Waals surface area (Å²) in [5.41, 5.74) is 1.36. The molecule has 6 atom stereocenters. The van der Waals surface area contributed by atoms with Gasteiger partial charge in [-0.1, -0.05) is 26.0 Å². The molecule has 0 aliphatic carbocycles. The molecule has 3 rings (SSSR count). The fourth-order valence-corrected chi connectivity index (χ4v) is 5.62. The van der Waals surface area contributed by atoms with Crippen LogP contribution >= 0.6 is 8.38 Å². The Morgan fingerprint density at radius 1 is 1.29 bits per heavy atom. The average Bonchev–Trinajstić information content (AvgIpc) is 3.05. The molecule has 0 amide bonds. The second-order valence-electron chi connectivity index (χ2n) is 10.1. The summed E-state index contributed by atoms with van der Waals surface area (Å²) in [7, 11) is -1.48. The van der Waals surface area contributed by atoms with Crippen molar-refractivity contribution in [3.05, 3.63) is 45.8 Å². The first-order valence-corrected chi connectivity index (χ1v) is 13.5. The molecule has 3 unspecified atom stereocenters. The number of nitrogens with zero attached hydrogens (tertiary/aromatic N) is 1. The van der Waals surface area contributed by atoms with Crippen molar-refractivity contribution >= 4 is 19.3 Å². The minimum atomic E-state index is -1.48. The lowest BCUT2D eigenvalue weighted by Gasteiger charge is -2.31. The largest absolute Gasteiger partial charge is 0.423 e. The number of hydrogen-bond donors (Lipinski definition) is 0. The molecule has 0 radical (unpaired) electrons. The lowest BCUT2D eigenvalue weighted by molar-refractivity contribution is -0.105. The van der Waals surface area contributed by atoms with E-state index in [0.29, 0.717) is 23.7 Å². The minimum Gasteiger partial charge on any atom is -0.423 e. The molecule has 1 aromatic heterocycles. The number of nitriles is 1. The van der Waals surface area contributed by atoms with E-state index < -0.39 is 20.1 Å². The summed E-state index contributed by atoms with van der Waals surface area (Å²) < 4.78 is 38.4. The Balaban J connectivity index is 1.82. The van der Waals surface area contributed by atoms with Gasteiger partial charge in [0.05, 0.1) is 36.6 Å². The second kappa shape index (κ2) is 12.0. The Kier molecular flexibility index (Phi) is 8.97. The van der Waals surface area contributed by atoms with Gasteiger partial charge >= 0.3 is 5.63 Å². The van der Waals surface area contributed by atoms with Gasteiger partial charge in [-0.3, -0.25) is 0 Å². The molecule has 2 heterocycles. The molecule has 1 aliphatic rings. The fourth-order valence-electron chi connectivity index (χ4n) is 4.22. The number of ether oxygens (including phenoxy) is 2. The van der Waals surface area contributed by atoms with Gasteiger partial charge in [-0.15, -0.1) is 0 Å². The van der Waals surface area contributed by atoms with Gasteiger partial charge < -0.3 is 22.9 Å². The van der Waals surface area contributed by atoms with Crippen LogP contribution in [0.4, 0.5) is 0 Å². The molecule has 192 valence electrons. The monoisotopic (exact) mass is 504 g/mol. The molecule has 1 fully saturated rings. The van der Waals surface area contributed by atoms with Crippen LogP contribution in [-0.4, -0.2) is 36.7 Å². The number of fused-ring (bicyclic) bond motifs is 1. The highest BCUT2D eigenvalue weighted by atomic mass is 31.2. The Morgan fingerprint density at radius 2 is 2.06 bits per heavy atom. The van der Waals surface area contributed by atoms with Crippen LogP contribution in [0.25, 0.3) is 11.0 Å². The van der Waals surface area contributed by atoms with Gasteiger partial charge in [-0.25, -0.2) is 4.79 Å². The molecule has 7 nitrogen and oxygen atoms in total. The number of aryl methyl sites for hydroxylation is 1. The lowest BCUT2D eigenvalue weighted by Crippen LogP contribution is -2.38. The molecule has 0 saturated carbocycles. The van der Waals surface area contributed by atoms with Gasteiger partial charge in [0.2, 0.25) is 0 Å². The van der Waals surface area contributed by atoms with Gasteiger partial charge in [0.1, 0.15) is 11.7 Å². The zero-order chi connectivity index (χ0) is 26.5. The van der Waals surface area contributed by atoms with Gasteiger partial charge in [0, 0.05) is 31.3 Å². The summed E-state index contributed by atoms with van der Waals surface area (Å²) in [5, 5.41) is 9.99. The maximum absolute atomic E-state index is 12.3. The Morgan fingerprint density at radius 3 is 2.74 bits per heavy atom. The molecule has 0 bridgehead atoms. The number of rotatable bonds is 10. The van der Waals surface area contributed by atoms with Gasteiger partial charge in [-0.2, -0.15) is 5.26 Å². The first-order valence-electron chi connectivity index (χ1n) is 12.8. The van der Waals surface area contributed by atoms with E-state index in [0.717, 1.165) is 10.9 Å². The highest BCUT2D eigenvalue weighted by Gasteiger charge is 2.43. The highest BCUT2D eigenvalue weighted by molar-refractivity contribution is 7.47. The van der Waals surface area contributed by atoms with Crippen molar-refractivity contribution < 1.29 is 24.3 Å². The lowest BCUT2D eigenvalue weighted by atomic mass is 9.98.